The van der Waals surface area contributed by atoms with Gasteiger partial charge in [0.15, 0.2) is 0 Å². The van der Waals surface area contributed by atoms with Crippen LogP contribution < -0.4 is 4.90 Å². The molecule has 1 saturated carbocycles. The molecule has 5 rings (SSSR count). The molecule has 1 amide bonds. The molecule has 0 spiro atoms. The lowest BCUT2D eigenvalue weighted by Crippen LogP contribution is -2.52. The molecule has 0 radical (unpaired) electrons. The summed E-state index contributed by atoms with van der Waals surface area (Å²) in [5, 5.41) is 0.817. The number of nitrogens with zero attached hydrogens (tertiary/aromatic N) is 4. The highest BCUT2D eigenvalue weighted by Gasteiger charge is 2.54. The molecular weight excluding hydrogens is 345 g/mol. The first-order valence-electron chi connectivity index (χ1n) is 9.26. The average Bonchev–Trinajstić information content (AvgIpc) is 3.41. The fraction of sp³-hybridized carbons (Fsp3) is 0.350. The molecule has 7 heteroatoms. The van der Waals surface area contributed by atoms with Gasteiger partial charge in [-0.2, -0.15) is 0 Å². The van der Waals surface area contributed by atoms with E-state index in [0.29, 0.717) is 32.1 Å². The van der Waals surface area contributed by atoms with Crippen LogP contribution in [-0.4, -0.2) is 51.9 Å². The maximum absolute atomic E-state index is 13.7. The number of carbonyl (C=O) groups excluding carboxylic acids is 1. The van der Waals surface area contributed by atoms with Crippen LogP contribution in [0.15, 0.2) is 42.9 Å². The first kappa shape index (κ1) is 16.2. The van der Waals surface area contributed by atoms with E-state index in [1.807, 2.05) is 11.1 Å². The van der Waals surface area contributed by atoms with Crippen LogP contribution >= 0.6 is 0 Å². The maximum atomic E-state index is 13.7. The summed E-state index contributed by atoms with van der Waals surface area (Å²) in [6, 6.07) is 6.49. The van der Waals surface area contributed by atoms with Gasteiger partial charge in [0.05, 0.1) is 5.41 Å². The lowest BCUT2D eigenvalue weighted by atomic mass is 9.93. The zero-order valence-corrected chi connectivity index (χ0v) is 14.9. The van der Waals surface area contributed by atoms with Gasteiger partial charge in [0.25, 0.3) is 0 Å². The number of rotatable bonds is 3. The number of hydrogen-bond donors (Lipinski definition) is 1. The van der Waals surface area contributed by atoms with E-state index in [1.165, 1.54) is 12.1 Å². The van der Waals surface area contributed by atoms with E-state index < -0.39 is 5.41 Å². The standard InChI is InChI=1S/C20H20FN5O/c21-14-2-3-17-15(12-14)16(13-24-17)20(4-5-20)18(27)25-8-10-26(11-9-25)19-22-6-1-7-23-19/h1-3,6-7,12-13,24H,4-5,8-11H2. The second kappa shape index (κ2) is 6.04. The van der Waals surface area contributed by atoms with E-state index in [9.17, 15) is 9.18 Å². The van der Waals surface area contributed by atoms with E-state index in [2.05, 4.69) is 19.9 Å². The molecule has 138 valence electrons. The van der Waals surface area contributed by atoms with Gasteiger partial charge < -0.3 is 14.8 Å². The van der Waals surface area contributed by atoms with Crippen molar-refractivity contribution in [2.45, 2.75) is 18.3 Å². The quantitative estimate of drug-likeness (QED) is 0.774. The predicted molar refractivity (Wildman–Crippen MR) is 100.0 cm³/mol. The monoisotopic (exact) mass is 365 g/mol. The number of benzene rings is 1. The second-order valence-corrected chi connectivity index (χ2v) is 7.30. The van der Waals surface area contributed by atoms with E-state index in [1.54, 1.807) is 24.5 Å². The number of piperazine rings is 1. The molecule has 2 aromatic heterocycles. The summed E-state index contributed by atoms with van der Waals surface area (Å²) < 4.78 is 13.7. The molecule has 3 aromatic rings. The summed E-state index contributed by atoms with van der Waals surface area (Å²) >= 11 is 0. The van der Waals surface area contributed by atoms with Crippen LogP contribution in [0, 0.1) is 5.82 Å². The van der Waals surface area contributed by atoms with Gasteiger partial charge in [-0.15, -0.1) is 0 Å². The molecule has 6 nitrogen and oxygen atoms in total. The van der Waals surface area contributed by atoms with Crippen molar-refractivity contribution in [2.24, 2.45) is 0 Å². The predicted octanol–water partition coefficient (Wildman–Crippen LogP) is 2.48. The van der Waals surface area contributed by atoms with Crippen LogP contribution in [0.2, 0.25) is 0 Å². The van der Waals surface area contributed by atoms with Gasteiger partial charge in [0, 0.05) is 55.7 Å². The SMILES string of the molecule is O=C(N1CCN(c2ncccn2)CC1)C1(c2c[nH]c3ccc(F)cc23)CC1. The van der Waals surface area contributed by atoms with E-state index in [4.69, 9.17) is 0 Å². The average molecular weight is 365 g/mol. The van der Waals surface area contributed by atoms with Crippen molar-refractivity contribution in [3.63, 3.8) is 0 Å². The number of hydrogen-bond acceptors (Lipinski definition) is 4. The zero-order valence-electron chi connectivity index (χ0n) is 14.9. The number of H-pyrrole nitrogens is 1. The van der Waals surface area contributed by atoms with Crippen molar-refractivity contribution in [3.8, 4) is 0 Å². The van der Waals surface area contributed by atoms with Crippen molar-refractivity contribution < 1.29 is 9.18 Å². The summed E-state index contributed by atoms with van der Waals surface area (Å²) in [6.07, 6.45) is 6.97. The molecule has 1 aliphatic heterocycles. The molecule has 1 N–H and O–H groups in total. The van der Waals surface area contributed by atoms with Crippen LogP contribution in [0.3, 0.4) is 0 Å². The first-order valence-corrected chi connectivity index (χ1v) is 9.26. The molecule has 2 fully saturated rings. The van der Waals surface area contributed by atoms with Crippen molar-refractivity contribution in [1.82, 2.24) is 19.9 Å². The van der Waals surface area contributed by atoms with Crippen LogP contribution in [0.5, 0.6) is 0 Å². The molecule has 1 aromatic carbocycles. The smallest absolute Gasteiger partial charge is 0.233 e. The van der Waals surface area contributed by atoms with Gasteiger partial charge in [0.2, 0.25) is 11.9 Å². The Morgan fingerprint density at radius 2 is 1.85 bits per heavy atom. The van der Waals surface area contributed by atoms with Gasteiger partial charge in [-0.05, 0) is 42.7 Å². The topological polar surface area (TPSA) is 65.1 Å². The number of fused-ring (bicyclic) bond motifs is 1. The number of aromatic nitrogens is 3. The normalized spacial score (nSPS) is 18.7. The molecule has 27 heavy (non-hydrogen) atoms. The Morgan fingerprint density at radius 1 is 1.11 bits per heavy atom. The molecule has 0 bridgehead atoms. The minimum Gasteiger partial charge on any atom is -0.361 e. The molecule has 0 atom stereocenters. The number of nitrogens with one attached hydrogen (secondary N) is 1. The number of amides is 1. The van der Waals surface area contributed by atoms with Crippen LogP contribution in [0.1, 0.15) is 18.4 Å². The number of aromatic amines is 1. The lowest BCUT2D eigenvalue weighted by molar-refractivity contribution is -0.134. The van der Waals surface area contributed by atoms with Crippen molar-refractivity contribution in [1.29, 1.82) is 0 Å². The Kier molecular flexibility index (Phi) is 3.63. The Hall–Kier alpha value is -2.96. The first-order chi connectivity index (χ1) is 13.2. The van der Waals surface area contributed by atoms with Crippen LogP contribution in [0.4, 0.5) is 10.3 Å². The van der Waals surface area contributed by atoms with E-state index in [-0.39, 0.29) is 11.7 Å². The number of halogens is 1. The number of anilines is 1. The third-order valence-corrected chi connectivity index (χ3v) is 5.72. The van der Waals surface area contributed by atoms with Gasteiger partial charge in [-0.25, -0.2) is 14.4 Å². The fourth-order valence-corrected chi connectivity index (χ4v) is 4.08. The summed E-state index contributed by atoms with van der Waals surface area (Å²) in [4.78, 5) is 29.1. The summed E-state index contributed by atoms with van der Waals surface area (Å²) in [6.45, 7) is 2.73. The maximum Gasteiger partial charge on any atom is 0.233 e. The van der Waals surface area contributed by atoms with Gasteiger partial charge in [0.1, 0.15) is 5.82 Å². The van der Waals surface area contributed by atoms with Crippen LogP contribution in [-0.2, 0) is 10.2 Å². The lowest BCUT2D eigenvalue weighted by Gasteiger charge is -2.36. The highest BCUT2D eigenvalue weighted by Crippen LogP contribution is 2.51. The Labute approximate surface area is 156 Å². The van der Waals surface area contributed by atoms with Crippen molar-refractivity contribution in [3.05, 3.63) is 54.2 Å². The van der Waals surface area contributed by atoms with E-state index >= 15 is 0 Å². The summed E-state index contributed by atoms with van der Waals surface area (Å²) in [7, 11) is 0. The third-order valence-electron chi connectivity index (χ3n) is 5.72. The Morgan fingerprint density at radius 3 is 2.56 bits per heavy atom. The molecule has 0 unspecified atom stereocenters. The molecule has 1 aliphatic carbocycles. The van der Waals surface area contributed by atoms with Gasteiger partial charge >= 0.3 is 0 Å². The fourth-order valence-electron chi connectivity index (χ4n) is 4.08. The highest BCUT2D eigenvalue weighted by atomic mass is 19.1. The Balaban J connectivity index is 1.36. The molecular formula is C20H20FN5O. The van der Waals surface area contributed by atoms with Crippen molar-refractivity contribution in [2.75, 3.05) is 31.1 Å². The number of carbonyl (C=O) groups is 1. The van der Waals surface area contributed by atoms with Crippen molar-refractivity contribution >= 4 is 22.8 Å². The van der Waals surface area contributed by atoms with Gasteiger partial charge in [-0.3, -0.25) is 4.79 Å². The van der Waals surface area contributed by atoms with Gasteiger partial charge in [-0.1, -0.05) is 0 Å². The summed E-state index contributed by atoms with van der Waals surface area (Å²) in [5.74, 6) is 0.585. The highest BCUT2D eigenvalue weighted by molar-refractivity contribution is 5.97. The third kappa shape index (κ3) is 2.65. The van der Waals surface area contributed by atoms with Crippen LogP contribution in [0.25, 0.3) is 10.9 Å². The summed E-state index contributed by atoms with van der Waals surface area (Å²) in [5.41, 5.74) is 1.30. The Bertz CT molecular complexity index is 990. The minimum atomic E-state index is -0.503. The molecule has 3 heterocycles. The van der Waals surface area contributed by atoms with E-state index in [0.717, 1.165) is 29.3 Å². The minimum absolute atomic E-state index is 0.154. The largest absolute Gasteiger partial charge is 0.361 e. The molecule has 2 aliphatic rings. The molecule has 1 saturated heterocycles. The second-order valence-electron chi connectivity index (χ2n) is 7.30. The zero-order chi connectivity index (χ0) is 18.4.